The van der Waals surface area contributed by atoms with E-state index in [0.29, 0.717) is 5.75 Å². The van der Waals surface area contributed by atoms with Gasteiger partial charge in [0.25, 0.3) is 5.91 Å². The zero-order valence-electron chi connectivity index (χ0n) is 11.6. The second kappa shape index (κ2) is 6.59. The molecule has 2 rings (SSSR count). The van der Waals surface area contributed by atoms with E-state index in [1.807, 2.05) is 31.2 Å². The molecule has 20 heavy (non-hydrogen) atoms. The molecule has 1 aromatic rings. The summed E-state index contributed by atoms with van der Waals surface area (Å²) in [6.07, 6.45) is 2.90. The molecular weight excluding hydrogens is 322 g/mol. The van der Waals surface area contributed by atoms with E-state index in [9.17, 15) is 9.90 Å². The third-order valence-corrected chi connectivity index (χ3v) is 4.49. The summed E-state index contributed by atoms with van der Waals surface area (Å²) in [6.45, 7) is 2.12. The zero-order chi connectivity index (χ0) is 14.6. The third kappa shape index (κ3) is 3.73. The molecule has 0 bridgehead atoms. The fourth-order valence-electron chi connectivity index (χ4n) is 2.58. The number of halogens is 1. The van der Waals surface area contributed by atoms with Gasteiger partial charge in [-0.1, -0.05) is 29.3 Å². The van der Waals surface area contributed by atoms with Crippen molar-refractivity contribution in [2.75, 3.05) is 13.2 Å². The molecule has 0 aromatic heterocycles. The van der Waals surface area contributed by atoms with Gasteiger partial charge in [-0.25, -0.2) is 0 Å². The summed E-state index contributed by atoms with van der Waals surface area (Å²) in [6, 6.07) is 7.39. The fraction of sp³-hybridized carbons (Fsp3) is 0.533. The number of carbonyl (C=O) groups excluding carboxylic acids is 1. The van der Waals surface area contributed by atoms with E-state index in [-0.39, 0.29) is 30.6 Å². The summed E-state index contributed by atoms with van der Waals surface area (Å²) in [5.74, 6) is 0.527. The minimum Gasteiger partial charge on any atom is -0.484 e. The van der Waals surface area contributed by atoms with Crippen molar-refractivity contribution in [3.63, 3.8) is 0 Å². The Morgan fingerprint density at radius 3 is 2.85 bits per heavy atom. The van der Waals surface area contributed by atoms with Gasteiger partial charge in [-0.15, -0.1) is 0 Å². The summed E-state index contributed by atoms with van der Waals surface area (Å²) >= 11 is 3.35. The monoisotopic (exact) mass is 341 g/mol. The predicted octanol–water partition coefficient (Wildman–Crippen LogP) is 2.50. The number of amides is 1. The first-order valence-corrected chi connectivity index (χ1v) is 7.61. The fourth-order valence-corrected chi connectivity index (χ4v) is 2.85. The number of ether oxygens (including phenoxy) is 1. The Morgan fingerprint density at radius 2 is 2.20 bits per heavy atom. The minimum absolute atomic E-state index is 0.000356. The number of rotatable bonds is 5. The average Bonchev–Trinajstić information content (AvgIpc) is 2.80. The van der Waals surface area contributed by atoms with Crippen LogP contribution in [-0.4, -0.2) is 30.3 Å². The topological polar surface area (TPSA) is 58.6 Å². The van der Waals surface area contributed by atoms with Gasteiger partial charge in [-0.3, -0.25) is 4.79 Å². The Morgan fingerprint density at radius 1 is 1.50 bits per heavy atom. The zero-order valence-corrected chi connectivity index (χ0v) is 13.1. The molecule has 2 atom stereocenters. The lowest BCUT2D eigenvalue weighted by Gasteiger charge is -2.30. The van der Waals surface area contributed by atoms with Crippen LogP contribution in [-0.2, 0) is 4.79 Å². The maximum atomic E-state index is 11.9. The molecule has 1 fully saturated rings. The molecule has 0 saturated heterocycles. The predicted molar refractivity (Wildman–Crippen MR) is 80.6 cm³/mol. The molecule has 2 unspecified atom stereocenters. The quantitative estimate of drug-likeness (QED) is 0.864. The van der Waals surface area contributed by atoms with E-state index in [1.165, 1.54) is 0 Å². The van der Waals surface area contributed by atoms with Gasteiger partial charge in [0, 0.05) is 15.9 Å². The van der Waals surface area contributed by atoms with Gasteiger partial charge in [0.2, 0.25) is 0 Å². The maximum absolute atomic E-state index is 11.9. The lowest BCUT2D eigenvalue weighted by molar-refractivity contribution is -0.124. The Balaban J connectivity index is 1.82. The van der Waals surface area contributed by atoms with Crippen LogP contribution in [0.2, 0.25) is 0 Å². The largest absolute Gasteiger partial charge is 0.484 e. The highest BCUT2D eigenvalue weighted by atomic mass is 79.9. The standard InChI is InChI=1S/C15H20BrNO3/c1-15(10-18)8-2-3-13(15)17-14(19)9-20-12-6-4-11(16)5-7-12/h4-7,13,18H,2-3,8-10H2,1H3,(H,17,19). The Kier molecular flexibility index (Phi) is 5.05. The van der Waals surface area contributed by atoms with Gasteiger partial charge in [0.15, 0.2) is 6.61 Å². The maximum Gasteiger partial charge on any atom is 0.258 e. The first-order chi connectivity index (χ1) is 9.53. The van der Waals surface area contributed by atoms with Crippen molar-refractivity contribution in [2.45, 2.75) is 32.2 Å². The normalized spacial score (nSPS) is 25.4. The van der Waals surface area contributed by atoms with Crippen LogP contribution in [0.25, 0.3) is 0 Å². The summed E-state index contributed by atoms with van der Waals surface area (Å²) in [5.41, 5.74) is -0.201. The summed E-state index contributed by atoms with van der Waals surface area (Å²) in [7, 11) is 0. The second-order valence-electron chi connectivity index (χ2n) is 5.57. The number of hydrogen-bond donors (Lipinski definition) is 2. The summed E-state index contributed by atoms with van der Waals surface area (Å²) < 4.78 is 6.41. The van der Waals surface area contributed by atoms with Crippen molar-refractivity contribution in [1.29, 1.82) is 0 Å². The van der Waals surface area contributed by atoms with Gasteiger partial charge >= 0.3 is 0 Å². The molecule has 4 nitrogen and oxygen atoms in total. The van der Waals surface area contributed by atoms with Crippen molar-refractivity contribution in [1.82, 2.24) is 5.32 Å². The van der Waals surface area contributed by atoms with Crippen LogP contribution in [0.4, 0.5) is 0 Å². The molecule has 0 spiro atoms. The van der Waals surface area contributed by atoms with Crippen LogP contribution < -0.4 is 10.1 Å². The summed E-state index contributed by atoms with van der Waals surface area (Å²) in [5, 5.41) is 12.4. The Hall–Kier alpha value is -1.07. The Bertz CT molecular complexity index is 463. The highest BCUT2D eigenvalue weighted by Gasteiger charge is 2.39. The molecule has 1 saturated carbocycles. The van der Waals surface area contributed by atoms with E-state index in [2.05, 4.69) is 21.2 Å². The lowest BCUT2D eigenvalue weighted by Crippen LogP contribution is -2.46. The van der Waals surface area contributed by atoms with Crippen molar-refractivity contribution in [3.05, 3.63) is 28.7 Å². The van der Waals surface area contributed by atoms with Crippen LogP contribution in [0.1, 0.15) is 26.2 Å². The highest BCUT2D eigenvalue weighted by molar-refractivity contribution is 9.10. The molecule has 2 N–H and O–H groups in total. The van der Waals surface area contributed by atoms with Crippen LogP contribution in [0.3, 0.4) is 0 Å². The SMILES string of the molecule is CC1(CO)CCCC1NC(=O)COc1ccc(Br)cc1. The van der Waals surface area contributed by atoms with Gasteiger partial charge in [0.1, 0.15) is 5.75 Å². The number of aliphatic hydroxyl groups is 1. The van der Waals surface area contributed by atoms with Crippen molar-refractivity contribution in [3.8, 4) is 5.75 Å². The number of hydrogen-bond acceptors (Lipinski definition) is 3. The van der Waals surface area contributed by atoms with E-state index in [0.717, 1.165) is 23.7 Å². The minimum atomic E-state index is -0.201. The van der Waals surface area contributed by atoms with E-state index < -0.39 is 0 Å². The molecule has 1 aliphatic carbocycles. The Labute approximate surface area is 127 Å². The molecule has 0 aliphatic heterocycles. The first-order valence-electron chi connectivity index (χ1n) is 6.82. The molecule has 0 heterocycles. The van der Waals surface area contributed by atoms with E-state index in [1.54, 1.807) is 0 Å². The van der Waals surface area contributed by atoms with Crippen LogP contribution in [0, 0.1) is 5.41 Å². The number of carbonyl (C=O) groups is 1. The van der Waals surface area contributed by atoms with E-state index in [4.69, 9.17) is 4.74 Å². The first kappa shape index (κ1) is 15.3. The highest BCUT2D eigenvalue weighted by Crippen LogP contribution is 2.37. The second-order valence-corrected chi connectivity index (χ2v) is 6.48. The smallest absolute Gasteiger partial charge is 0.258 e. The van der Waals surface area contributed by atoms with E-state index >= 15 is 0 Å². The van der Waals surface area contributed by atoms with Crippen LogP contribution in [0.5, 0.6) is 5.75 Å². The van der Waals surface area contributed by atoms with Crippen molar-refractivity contribution >= 4 is 21.8 Å². The third-order valence-electron chi connectivity index (χ3n) is 3.96. The number of aliphatic hydroxyl groups excluding tert-OH is 1. The molecule has 5 heteroatoms. The van der Waals surface area contributed by atoms with Gasteiger partial charge in [-0.2, -0.15) is 0 Å². The van der Waals surface area contributed by atoms with Crippen molar-refractivity contribution < 1.29 is 14.6 Å². The molecule has 0 radical (unpaired) electrons. The molecule has 110 valence electrons. The molecule has 1 aromatic carbocycles. The van der Waals surface area contributed by atoms with Crippen molar-refractivity contribution in [2.24, 2.45) is 5.41 Å². The number of benzene rings is 1. The number of nitrogens with one attached hydrogen (secondary N) is 1. The average molecular weight is 342 g/mol. The van der Waals surface area contributed by atoms with Gasteiger partial charge in [0.05, 0.1) is 6.61 Å². The van der Waals surface area contributed by atoms with Crippen LogP contribution >= 0.6 is 15.9 Å². The van der Waals surface area contributed by atoms with Crippen LogP contribution in [0.15, 0.2) is 28.7 Å². The molecular formula is C15H20BrNO3. The lowest BCUT2D eigenvalue weighted by atomic mass is 9.86. The van der Waals surface area contributed by atoms with Gasteiger partial charge in [-0.05, 0) is 37.1 Å². The summed E-state index contributed by atoms with van der Waals surface area (Å²) in [4.78, 5) is 11.9. The molecule has 1 amide bonds. The molecule has 1 aliphatic rings. The van der Waals surface area contributed by atoms with Gasteiger partial charge < -0.3 is 15.2 Å².